The molecular formula is C13H11Cl2N5. The van der Waals surface area contributed by atoms with Crippen LogP contribution in [0.15, 0.2) is 24.4 Å². The molecule has 0 aliphatic heterocycles. The number of halogens is 2. The molecule has 0 bridgehead atoms. The largest absolute Gasteiger partial charge is 0.354 e. The quantitative estimate of drug-likeness (QED) is 0.773. The van der Waals surface area contributed by atoms with E-state index < -0.39 is 0 Å². The summed E-state index contributed by atoms with van der Waals surface area (Å²) in [5.74, 6) is 0.537. The second kappa shape index (κ2) is 5.26. The van der Waals surface area contributed by atoms with Crippen molar-refractivity contribution in [2.75, 3.05) is 11.9 Å². The lowest BCUT2D eigenvalue weighted by molar-refractivity contribution is 1.07. The number of nitrogens with zero attached hydrogens (tertiary/aromatic N) is 3. The van der Waals surface area contributed by atoms with Crippen molar-refractivity contribution in [2.24, 2.45) is 0 Å². The molecule has 1 aromatic carbocycles. The zero-order valence-electron chi connectivity index (χ0n) is 10.6. The van der Waals surface area contributed by atoms with Crippen LogP contribution >= 0.6 is 23.2 Å². The maximum absolute atomic E-state index is 6.06. The summed E-state index contributed by atoms with van der Waals surface area (Å²) >= 11 is 12.1. The lowest BCUT2D eigenvalue weighted by Crippen LogP contribution is -2.03. The molecule has 7 heteroatoms. The highest BCUT2D eigenvalue weighted by atomic mass is 35.5. The third-order valence-corrected chi connectivity index (χ3v) is 3.22. The lowest BCUT2D eigenvalue weighted by atomic mass is 10.1. The minimum absolute atomic E-state index is 0.537. The van der Waals surface area contributed by atoms with Crippen molar-refractivity contribution in [1.82, 2.24) is 20.2 Å². The third-order valence-electron chi connectivity index (χ3n) is 2.78. The SMILES string of the molecule is CCNc1nc(-c2cc(Cl)cc(Cl)c2)c2cn[nH]c2n1. The van der Waals surface area contributed by atoms with Crippen LogP contribution in [-0.4, -0.2) is 26.7 Å². The number of aromatic amines is 1. The van der Waals surface area contributed by atoms with Crippen molar-refractivity contribution < 1.29 is 0 Å². The highest BCUT2D eigenvalue weighted by molar-refractivity contribution is 6.35. The Morgan fingerprint density at radius 3 is 2.60 bits per heavy atom. The van der Waals surface area contributed by atoms with Crippen molar-refractivity contribution in [3.8, 4) is 11.3 Å². The minimum atomic E-state index is 0.537. The summed E-state index contributed by atoms with van der Waals surface area (Å²) in [5.41, 5.74) is 2.24. The smallest absolute Gasteiger partial charge is 0.225 e. The molecule has 2 N–H and O–H groups in total. The van der Waals surface area contributed by atoms with E-state index in [1.807, 2.05) is 19.1 Å². The van der Waals surface area contributed by atoms with E-state index in [2.05, 4.69) is 25.5 Å². The Hall–Kier alpha value is -1.85. The molecule has 0 spiro atoms. The summed E-state index contributed by atoms with van der Waals surface area (Å²) in [6, 6.07) is 5.32. The lowest BCUT2D eigenvalue weighted by Gasteiger charge is -2.07. The van der Waals surface area contributed by atoms with Gasteiger partial charge in [-0.2, -0.15) is 10.1 Å². The van der Waals surface area contributed by atoms with Gasteiger partial charge in [0.05, 0.1) is 17.3 Å². The normalized spacial score (nSPS) is 10.9. The first-order valence-electron chi connectivity index (χ1n) is 6.09. The van der Waals surface area contributed by atoms with Crippen LogP contribution in [0.3, 0.4) is 0 Å². The van der Waals surface area contributed by atoms with Crippen LogP contribution in [0.4, 0.5) is 5.95 Å². The van der Waals surface area contributed by atoms with Gasteiger partial charge in [-0.15, -0.1) is 0 Å². The number of benzene rings is 1. The number of nitrogens with one attached hydrogen (secondary N) is 2. The third kappa shape index (κ3) is 2.42. The van der Waals surface area contributed by atoms with Crippen LogP contribution in [0.2, 0.25) is 10.0 Å². The van der Waals surface area contributed by atoms with Gasteiger partial charge in [0.1, 0.15) is 0 Å². The number of hydrogen-bond acceptors (Lipinski definition) is 4. The van der Waals surface area contributed by atoms with Gasteiger partial charge in [0.2, 0.25) is 5.95 Å². The topological polar surface area (TPSA) is 66.5 Å². The Morgan fingerprint density at radius 2 is 1.90 bits per heavy atom. The van der Waals surface area contributed by atoms with E-state index in [-0.39, 0.29) is 0 Å². The molecule has 0 atom stereocenters. The highest BCUT2D eigenvalue weighted by Crippen LogP contribution is 2.30. The van der Waals surface area contributed by atoms with Crippen LogP contribution in [0, 0.1) is 0 Å². The summed E-state index contributed by atoms with van der Waals surface area (Å²) in [6.07, 6.45) is 1.69. The van der Waals surface area contributed by atoms with Gasteiger partial charge in [-0.05, 0) is 25.1 Å². The minimum Gasteiger partial charge on any atom is -0.354 e. The Morgan fingerprint density at radius 1 is 1.15 bits per heavy atom. The van der Waals surface area contributed by atoms with Gasteiger partial charge in [-0.1, -0.05) is 23.2 Å². The van der Waals surface area contributed by atoms with Gasteiger partial charge < -0.3 is 5.32 Å². The number of fused-ring (bicyclic) bond motifs is 1. The summed E-state index contributed by atoms with van der Waals surface area (Å²) < 4.78 is 0. The van der Waals surface area contributed by atoms with Crippen LogP contribution in [0.1, 0.15) is 6.92 Å². The molecule has 0 radical (unpaired) electrons. The Kier molecular flexibility index (Phi) is 3.46. The molecule has 102 valence electrons. The van der Waals surface area contributed by atoms with E-state index in [1.165, 1.54) is 0 Å². The van der Waals surface area contributed by atoms with E-state index in [0.717, 1.165) is 23.2 Å². The van der Waals surface area contributed by atoms with Crippen LogP contribution in [0.5, 0.6) is 0 Å². The van der Waals surface area contributed by atoms with E-state index in [1.54, 1.807) is 12.3 Å². The summed E-state index contributed by atoms with van der Waals surface area (Å²) in [6.45, 7) is 2.71. The Labute approximate surface area is 125 Å². The van der Waals surface area contributed by atoms with Crippen LogP contribution in [0.25, 0.3) is 22.3 Å². The van der Waals surface area contributed by atoms with Crippen molar-refractivity contribution in [1.29, 1.82) is 0 Å². The summed E-state index contributed by atoms with van der Waals surface area (Å²) in [4.78, 5) is 8.87. The maximum atomic E-state index is 6.06. The fourth-order valence-corrected chi connectivity index (χ4v) is 2.51. The number of H-pyrrole nitrogens is 1. The van der Waals surface area contributed by atoms with Gasteiger partial charge in [0.25, 0.3) is 0 Å². The van der Waals surface area contributed by atoms with Gasteiger partial charge in [-0.25, -0.2) is 4.98 Å². The van der Waals surface area contributed by atoms with E-state index in [4.69, 9.17) is 23.2 Å². The number of anilines is 1. The Bertz CT molecular complexity index is 748. The fraction of sp³-hybridized carbons (Fsp3) is 0.154. The molecular weight excluding hydrogens is 297 g/mol. The zero-order valence-corrected chi connectivity index (χ0v) is 12.1. The van der Waals surface area contributed by atoms with Gasteiger partial charge >= 0.3 is 0 Å². The summed E-state index contributed by atoms with van der Waals surface area (Å²) in [5, 5.41) is 11.9. The molecule has 3 rings (SSSR count). The molecule has 0 saturated carbocycles. The predicted molar refractivity (Wildman–Crippen MR) is 81.3 cm³/mol. The van der Waals surface area contributed by atoms with Gasteiger partial charge in [-0.3, -0.25) is 5.10 Å². The standard InChI is InChI=1S/C13H11Cl2N5/c1-2-16-13-18-11(10-6-17-20-12(10)19-13)7-3-8(14)5-9(15)4-7/h3-6H,2H2,1H3,(H2,16,17,18,19,20). The monoisotopic (exact) mass is 307 g/mol. The highest BCUT2D eigenvalue weighted by Gasteiger charge is 2.12. The first-order chi connectivity index (χ1) is 9.67. The molecule has 0 amide bonds. The molecule has 0 aliphatic rings. The van der Waals surface area contributed by atoms with E-state index in [0.29, 0.717) is 21.6 Å². The van der Waals surface area contributed by atoms with E-state index >= 15 is 0 Å². The molecule has 3 aromatic rings. The molecule has 0 unspecified atom stereocenters. The van der Waals surface area contributed by atoms with Gasteiger partial charge in [0, 0.05) is 22.2 Å². The van der Waals surface area contributed by atoms with Crippen molar-refractivity contribution in [2.45, 2.75) is 6.92 Å². The molecule has 0 fully saturated rings. The molecule has 2 heterocycles. The first kappa shape index (κ1) is 13.1. The molecule has 20 heavy (non-hydrogen) atoms. The Balaban J connectivity index is 2.25. The van der Waals surface area contributed by atoms with Crippen molar-refractivity contribution in [3.63, 3.8) is 0 Å². The second-order valence-corrected chi connectivity index (χ2v) is 5.09. The average molecular weight is 308 g/mol. The van der Waals surface area contributed by atoms with Crippen molar-refractivity contribution in [3.05, 3.63) is 34.4 Å². The van der Waals surface area contributed by atoms with E-state index in [9.17, 15) is 0 Å². The number of hydrogen-bond donors (Lipinski definition) is 2. The van der Waals surface area contributed by atoms with Crippen LogP contribution < -0.4 is 5.32 Å². The molecule has 5 nitrogen and oxygen atoms in total. The second-order valence-electron chi connectivity index (χ2n) is 4.22. The first-order valence-corrected chi connectivity index (χ1v) is 6.84. The summed E-state index contributed by atoms with van der Waals surface area (Å²) in [7, 11) is 0. The van der Waals surface area contributed by atoms with Crippen LogP contribution in [-0.2, 0) is 0 Å². The maximum Gasteiger partial charge on any atom is 0.225 e. The predicted octanol–water partition coefficient (Wildman–Crippen LogP) is 3.76. The molecule has 0 aliphatic carbocycles. The number of aromatic nitrogens is 4. The molecule has 2 aromatic heterocycles. The van der Waals surface area contributed by atoms with Gasteiger partial charge in [0.15, 0.2) is 5.65 Å². The molecule has 0 saturated heterocycles. The average Bonchev–Trinajstić information content (AvgIpc) is 2.85. The zero-order chi connectivity index (χ0) is 14.1. The van der Waals surface area contributed by atoms with Crippen molar-refractivity contribution >= 4 is 40.2 Å². The number of rotatable bonds is 3. The fourth-order valence-electron chi connectivity index (χ4n) is 1.98.